The molecule has 0 aromatic carbocycles. The van der Waals surface area contributed by atoms with Crippen LogP contribution in [-0.2, 0) is 0 Å². The van der Waals surface area contributed by atoms with Crippen LogP contribution in [0.5, 0.6) is 0 Å². The second kappa shape index (κ2) is 6.15. The Morgan fingerprint density at radius 1 is 1.47 bits per heavy atom. The van der Waals surface area contributed by atoms with Crippen LogP contribution in [0.2, 0.25) is 0 Å². The molecule has 1 saturated carbocycles. The van der Waals surface area contributed by atoms with Crippen LogP contribution in [0, 0.1) is 12.8 Å². The average Bonchev–Trinajstić information content (AvgIpc) is 3.15. The van der Waals surface area contributed by atoms with E-state index in [4.69, 9.17) is 0 Å². The SMILES string of the molecule is CCCNC(CCC1CC1)c1cnccc1C. The Bertz CT molecular complexity index is 345. The lowest BCUT2D eigenvalue weighted by molar-refractivity contribution is 0.467. The van der Waals surface area contributed by atoms with E-state index < -0.39 is 0 Å². The van der Waals surface area contributed by atoms with Gasteiger partial charge in [0, 0.05) is 18.4 Å². The van der Waals surface area contributed by atoms with Crippen molar-refractivity contribution in [3.05, 3.63) is 29.6 Å². The van der Waals surface area contributed by atoms with Crippen LogP contribution < -0.4 is 5.32 Å². The predicted octanol–water partition coefficient (Wildman–Crippen LogP) is 3.62. The summed E-state index contributed by atoms with van der Waals surface area (Å²) in [6, 6.07) is 2.62. The van der Waals surface area contributed by atoms with Crippen LogP contribution in [0.1, 0.15) is 56.2 Å². The predicted molar refractivity (Wildman–Crippen MR) is 72.0 cm³/mol. The van der Waals surface area contributed by atoms with Crippen LogP contribution in [0.3, 0.4) is 0 Å². The summed E-state index contributed by atoms with van der Waals surface area (Å²) in [6.07, 6.45) is 10.7. The normalized spacial score (nSPS) is 17.1. The fourth-order valence-electron chi connectivity index (χ4n) is 2.34. The summed E-state index contributed by atoms with van der Waals surface area (Å²) in [5.41, 5.74) is 2.76. The quantitative estimate of drug-likeness (QED) is 0.776. The lowest BCUT2D eigenvalue weighted by Crippen LogP contribution is -2.23. The van der Waals surface area contributed by atoms with Crippen LogP contribution in [0.25, 0.3) is 0 Å². The molecular weight excluding hydrogens is 208 g/mol. The van der Waals surface area contributed by atoms with Crippen LogP contribution in [-0.4, -0.2) is 11.5 Å². The van der Waals surface area contributed by atoms with Gasteiger partial charge in [-0.15, -0.1) is 0 Å². The topological polar surface area (TPSA) is 24.9 Å². The maximum absolute atomic E-state index is 4.28. The molecule has 0 radical (unpaired) electrons. The maximum atomic E-state index is 4.28. The first-order valence-corrected chi connectivity index (χ1v) is 6.95. The van der Waals surface area contributed by atoms with Gasteiger partial charge in [0.05, 0.1) is 0 Å². The molecule has 0 amide bonds. The van der Waals surface area contributed by atoms with Gasteiger partial charge in [-0.2, -0.15) is 0 Å². The summed E-state index contributed by atoms with van der Waals surface area (Å²) < 4.78 is 0. The summed E-state index contributed by atoms with van der Waals surface area (Å²) >= 11 is 0. The summed E-state index contributed by atoms with van der Waals surface area (Å²) in [5, 5.41) is 3.67. The smallest absolute Gasteiger partial charge is 0.0338 e. The molecule has 0 spiro atoms. The Hall–Kier alpha value is -0.890. The van der Waals surface area contributed by atoms with Crippen LogP contribution in [0.15, 0.2) is 18.5 Å². The molecule has 1 heterocycles. The van der Waals surface area contributed by atoms with E-state index in [1.165, 1.54) is 43.2 Å². The van der Waals surface area contributed by atoms with Crippen molar-refractivity contribution in [1.82, 2.24) is 10.3 Å². The highest BCUT2D eigenvalue weighted by atomic mass is 14.9. The van der Waals surface area contributed by atoms with Gasteiger partial charge in [-0.3, -0.25) is 4.98 Å². The number of rotatable bonds is 7. The maximum Gasteiger partial charge on any atom is 0.0338 e. The molecule has 17 heavy (non-hydrogen) atoms. The number of pyridine rings is 1. The van der Waals surface area contributed by atoms with E-state index in [-0.39, 0.29) is 0 Å². The molecule has 2 heteroatoms. The third-order valence-electron chi connectivity index (χ3n) is 3.66. The Morgan fingerprint density at radius 3 is 2.94 bits per heavy atom. The average molecular weight is 232 g/mol. The van der Waals surface area contributed by atoms with Crippen molar-refractivity contribution < 1.29 is 0 Å². The van der Waals surface area contributed by atoms with Gasteiger partial charge in [-0.05, 0) is 55.8 Å². The van der Waals surface area contributed by atoms with E-state index in [1.807, 2.05) is 12.4 Å². The van der Waals surface area contributed by atoms with Gasteiger partial charge < -0.3 is 5.32 Å². The molecule has 0 aliphatic heterocycles. The first-order valence-electron chi connectivity index (χ1n) is 6.95. The lowest BCUT2D eigenvalue weighted by atomic mass is 9.98. The highest BCUT2D eigenvalue weighted by Gasteiger charge is 2.23. The van der Waals surface area contributed by atoms with Gasteiger partial charge in [0.15, 0.2) is 0 Å². The molecule has 1 aliphatic rings. The van der Waals surface area contributed by atoms with E-state index >= 15 is 0 Å². The fourth-order valence-corrected chi connectivity index (χ4v) is 2.34. The first kappa shape index (κ1) is 12.6. The molecule has 1 aliphatic carbocycles. The highest BCUT2D eigenvalue weighted by molar-refractivity contribution is 5.25. The van der Waals surface area contributed by atoms with E-state index in [9.17, 15) is 0 Å². The van der Waals surface area contributed by atoms with E-state index in [1.54, 1.807) is 0 Å². The standard InChI is InChI=1S/C15H24N2/c1-3-9-17-15(7-6-13-4-5-13)14-11-16-10-8-12(14)2/h8,10-11,13,15,17H,3-7,9H2,1-2H3. The lowest BCUT2D eigenvalue weighted by Gasteiger charge is -2.20. The second-order valence-electron chi connectivity index (χ2n) is 5.26. The molecule has 1 N–H and O–H groups in total. The zero-order valence-electron chi connectivity index (χ0n) is 11.1. The van der Waals surface area contributed by atoms with Crippen molar-refractivity contribution in [2.24, 2.45) is 5.92 Å². The van der Waals surface area contributed by atoms with Crippen molar-refractivity contribution in [1.29, 1.82) is 0 Å². The number of nitrogens with zero attached hydrogens (tertiary/aromatic N) is 1. The minimum absolute atomic E-state index is 0.504. The molecule has 0 bridgehead atoms. The van der Waals surface area contributed by atoms with Crippen molar-refractivity contribution in [3.63, 3.8) is 0 Å². The molecule has 2 nitrogen and oxygen atoms in total. The van der Waals surface area contributed by atoms with Gasteiger partial charge in [0.1, 0.15) is 0 Å². The third-order valence-corrected chi connectivity index (χ3v) is 3.66. The number of nitrogens with one attached hydrogen (secondary N) is 1. The Labute approximate surface area is 105 Å². The van der Waals surface area contributed by atoms with Gasteiger partial charge in [-0.1, -0.05) is 19.8 Å². The number of hydrogen-bond donors (Lipinski definition) is 1. The fraction of sp³-hybridized carbons (Fsp3) is 0.667. The van der Waals surface area contributed by atoms with Crippen molar-refractivity contribution in [2.75, 3.05) is 6.54 Å². The summed E-state index contributed by atoms with van der Waals surface area (Å²) in [7, 11) is 0. The molecule has 0 saturated heterocycles. The van der Waals surface area contributed by atoms with Crippen LogP contribution >= 0.6 is 0 Å². The molecule has 2 rings (SSSR count). The number of aromatic nitrogens is 1. The van der Waals surface area contributed by atoms with E-state index in [2.05, 4.69) is 30.2 Å². The highest BCUT2D eigenvalue weighted by Crippen LogP contribution is 2.36. The molecule has 1 aromatic rings. The third kappa shape index (κ3) is 3.81. The molecule has 1 atom stereocenters. The largest absolute Gasteiger partial charge is 0.310 e. The van der Waals surface area contributed by atoms with Gasteiger partial charge in [0.2, 0.25) is 0 Å². The minimum Gasteiger partial charge on any atom is -0.310 e. The number of aryl methyl sites for hydroxylation is 1. The van der Waals surface area contributed by atoms with Crippen molar-refractivity contribution in [3.8, 4) is 0 Å². The van der Waals surface area contributed by atoms with Gasteiger partial charge >= 0.3 is 0 Å². The zero-order chi connectivity index (χ0) is 12.1. The van der Waals surface area contributed by atoms with Crippen molar-refractivity contribution >= 4 is 0 Å². The Kier molecular flexibility index (Phi) is 4.55. The molecular formula is C15H24N2. The first-order chi connectivity index (χ1) is 8.31. The van der Waals surface area contributed by atoms with Crippen molar-refractivity contribution in [2.45, 2.75) is 52.0 Å². The summed E-state index contributed by atoms with van der Waals surface area (Å²) in [6.45, 7) is 5.51. The van der Waals surface area contributed by atoms with E-state index in [0.717, 1.165) is 12.5 Å². The van der Waals surface area contributed by atoms with Crippen LogP contribution in [0.4, 0.5) is 0 Å². The van der Waals surface area contributed by atoms with E-state index in [0.29, 0.717) is 6.04 Å². The van der Waals surface area contributed by atoms with Gasteiger partial charge in [-0.25, -0.2) is 0 Å². The molecule has 1 unspecified atom stereocenters. The number of hydrogen-bond acceptors (Lipinski definition) is 2. The summed E-state index contributed by atoms with van der Waals surface area (Å²) in [4.78, 5) is 4.28. The molecule has 1 fully saturated rings. The zero-order valence-corrected chi connectivity index (χ0v) is 11.1. The second-order valence-corrected chi connectivity index (χ2v) is 5.26. The Morgan fingerprint density at radius 2 is 2.29 bits per heavy atom. The monoisotopic (exact) mass is 232 g/mol. The van der Waals surface area contributed by atoms with Gasteiger partial charge in [0.25, 0.3) is 0 Å². The Balaban J connectivity index is 1.99. The summed E-state index contributed by atoms with van der Waals surface area (Å²) in [5.74, 6) is 1.01. The molecule has 94 valence electrons. The minimum atomic E-state index is 0.504. The molecule has 1 aromatic heterocycles.